The molecule has 1 amide bonds. The molecule has 1 N–H and O–H groups in total. The van der Waals surface area contributed by atoms with Crippen molar-refractivity contribution in [2.45, 2.75) is 29.4 Å². The second kappa shape index (κ2) is 11.4. The van der Waals surface area contributed by atoms with E-state index in [1.165, 1.54) is 6.42 Å². The molecule has 0 radical (unpaired) electrons. The summed E-state index contributed by atoms with van der Waals surface area (Å²) in [4.78, 5) is 16.5. The lowest BCUT2D eigenvalue weighted by atomic mass is 9.93. The minimum atomic E-state index is -0.174. The van der Waals surface area contributed by atoms with E-state index in [9.17, 15) is 4.79 Å². The molecule has 0 spiro atoms. The van der Waals surface area contributed by atoms with Crippen LogP contribution in [-0.2, 0) is 4.79 Å². The van der Waals surface area contributed by atoms with E-state index in [1.807, 2.05) is 43.4 Å². The Balaban J connectivity index is 0.00000261. The predicted octanol–water partition coefficient (Wildman–Crippen LogP) is 4.79. The van der Waals surface area contributed by atoms with Crippen molar-refractivity contribution in [3.8, 4) is 0 Å². The first-order valence-corrected chi connectivity index (χ1v) is 10.4. The van der Waals surface area contributed by atoms with Gasteiger partial charge < -0.3 is 10.2 Å². The van der Waals surface area contributed by atoms with Gasteiger partial charge in [0, 0.05) is 18.0 Å². The zero-order valence-corrected chi connectivity index (χ0v) is 17.5. The van der Waals surface area contributed by atoms with Crippen LogP contribution in [0.3, 0.4) is 0 Å². The number of hydrogen-bond acceptors (Lipinski definition) is 3. The summed E-state index contributed by atoms with van der Waals surface area (Å²) in [6.45, 7) is 2.83. The molecule has 1 heterocycles. The van der Waals surface area contributed by atoms with Crippen LogP contribution in [0.1, 0.15) is 30.1 Å². The molecule has 3 nitrogen and oxygen atoms in total. The van der Waals surface area contributed by atoms with E-state index in [0.29, 0.717) is 0 Å². The second-order valence-corrected chi connectivity index (χ2v) is 8.06. The monoisotopic (exact) mass is 404 g/mol. The van der Waals surface area contributed by atoms with Crippen LogP contribution in [0.4, 0.5) is 0 Å². The van der Waals surface area contributed by atoms with Crippen LogP contribution in [0.15, 0.2) is 65.6 Å². The number of benzene rings is 2. The van der Waals surface area contributed by atoms with Gasteiger partial charge in [-0.1, -0.05) is 48.5 Å². The van der Waals surface area contributed by atoms with E-state index in [4.69, 9.17) is 0 Å². The fraction of sp³-hybridized carbons (Fsp3) is 0.409. The molecule has 0 saturated carbocycles. The molecule has 27 heavy (non-hydrogen) atoms. The molecule has 1 unspecified atom stereocenters. The number of likely N-dealkylation sites (tertiary alicyclic amines) is 1. The maximum Gasteiger partial charge on any atom is 0.240 e. The zero-order valence-electron chi connectivity index (χ0n) is 15.8. The molecule has 1 saturated heterocycles. The van der Waals surface area contributed by atoms with Crippen molar-refractivity contribution in [1.82, 2.24) is 10.2 Å². The number of thioether (sulfide) groups is 1. The van der Waals surface area contributed by atoms with E-state index in [-0.39, 0.29) is 23.6 Å². The average Bonchev–Trinajstić information content (AvgIpc) is 2.72. The Bertz CT molecular complexity index is 675. The lowest BCUT2D eigenvalue weighted by Crippen LogP contribution is -2.40. The van der Waals surface area contributed by atoms with Crippen molar-refractivity contribution in [2.75, 3.05) is 26.7 Å². The van der Waals surface area contributed by atoms with Crippen molar-refractivity contribution in [3.63, 3.8) is 0 Å². The number of carbonyl (C=O) groups is 1. The standard InChI is InChI=1S/C22H28N2OS.ClH/c1-23-15-12-18-13-16-24(17-14-18)22(25)21(19-8-4-2-5-9-19)26-20-10-6-3-7-11-20;/h2-11,18,21,23H,12-17H2,1H3;1H. The predicted molar refractivity (Wildman–Crippen MR) is 117 cm³/mol. The normalized spacial score (nSPS) is 15.8. The largest absolute Gasteiger partial charge is 0.341 e. The number of carbonyl (C=O) groups excluding carboxylic acids is 1. The molecule has 146 valence electrons. The van der Waals surface area contributed by atoms with Crippen LogP contribution in [-0.4, -0.2) is 37.5 Å². The molecule has 0 aromatic heterocycles. The minimum absolute atomic E-state index is 0. The quantitative estimate of drug-likeness (QED) is 0.673. The van der Waals surface area contributed by atoms with Crippen molar-refractivity contribution >= 4 is 30.1 Å². The zero-order chi connectivity index (χ0) is 18.2. The van der Waals surface area contributed by atoms with Gasteiger partial charge in [-0.15, -0.1) is 24.2 Å². The van der Waals surface area contributed by atoms with Crippen LogP contribution in [0.2, 0.25) is 0 Å². The van der Waals surface area contributed by atoms with Gasteiger partial charge in [-0.25, -0.2) is 0 Å². The highest BCUT2D eigenvalue weighted by Crippen LogP contribution is 2.37. The lowest BCUT2D eigenvalue weighted by molar-refractivity contribution is -0.132. The van der Waals surface area contributed by atoms with Crippen molar-refractivity contribution in [3.05, 3.63) is 66.2 Å². The summed E-state index contributed by atoms with van der Waals surface area (Å²) in [6, 6.07) is 20.4. The fourth-order valence-electron chi connectivity index (χ4n) is 3.48. The van der Waals surface area contributed by atoms with Crippen LogP contribution in [0.5, 0.6) is 0 Å². The molecule has 1 aliphatic rings. The Hall–Kier alpha value is -1.49. The summed E-state index contributed by atoms with van der Waals surface area (Å²) in [6.07, 6.45) is 3.44. The molecule has 1 fully saturated rings. The first-order valence-electron chi connectivity index (χ1n) is 9.48. The Kier molecular flexibility index (Phi) is 9.19. The van der Waals surface area contributed by atoms with E-state index in [0.717, 1.165) is 48.9 Å². The Morgan fingerprint density at radius 3 is 2.26 bits per heavy atom. The summed E-state index contributed by atoms with van der Waals surface area (Å²) in [5.74, 6) is 0.987. The van der Waals surface area contributed by atoms with Crippen LogP contribution >= 0.6 is 24.2 Å². The number of piperidine rings is 1. The minimum Gasteiger partial charge on any atom is -0.341 e. The van der Waals surface area contributed by atoms with Gasteiger partial charge >= 0.3 is 0 Å². The van der Waals surface area contributed by atoms with Crippen molar-refractivity contribution < 1.29 is 4.79 Å². The number of nitrogens with zero attached hydrogens (tertiary/aromatic N) is 1. The maximum atomic E-state index is 13.3. The van der Waals surface area contributed by atoms with Gasteiger partial charge in [0.15, 0.2) is 0 Å². The highest BCUT2D eigenvalue weighted by atomic mass is 35.5. The van der Waals surface area contributed by atoms with Gasteiger partial charge in [0.2, 0.25) is 5.91 Å². The molecule has 2 aromatic rings. The van der Waals surface area contributed by atoms with Gasteiger partial charge in [0.25, 0.3) is 0 Å². The smallest absolute Gasteiger partial charge is 0.240 e. The first kappa shape index (κ1) is 21.8. The number of nitrogens with one attached hydrogen (secondary N) is 1. The third-order valence-corrected chi connectivity index (χ3v) is 6.31. The summed E-state index contributed by atoms with van der Waals surface area (Å²) in [5.41, 5.74) is 1.09. The maximum absolute atomic E-state index is 13.3. The molecule has 5 heteroatoms. The van der Waals surface area contributed by atoms with Gasteiger partial charge in [-0.3, -0.25) is 4.79 Å². The Labute approximate surface area is 173 Å². The summed E-state index contributed by atoms with van der Waals surface area (Å²) < 4.78 is 0. The number of hydrogen-bond donors (Lipinski definition) is 1. The fourth-order valence-corrected chi connectivity index (χ4v) is 4.61. The van der Waals surface area contributed by atoms with Gasteiger partial charge in [-0.2, -0.15) is 0 Å². The van der Waals surface area contributed by atoms with Gasteiger partial charge in [0.1, 0.15) is 5.25 Å². The van der Waals surface area contributed by atoms with E-state index in [2.05, 4.69) is 34.5 Å². The van der Waals surface area contributed by atoms with Gasteiger partial charge in [-0.05, 0) is 56.5 Å². The molecule has 3 rings (SSSR count). The SMILES string of the molecule is CNCCC1CCN(C(=O)C(Sc2ccccc2)c2ccccc2)CC1.Cl. The van der Waals surface area contributed by atoms with E-state index < -0.39 is 0 Å². The third kappa shape index (κ3) is 6.27. The highest BCUT2D eigenvalue weighted by Gasteiger charge is 2.29. The molecule has 2 aromatic carbocycles. The molecule has 1 aliphatic heterocycles. The average molecular weight is 405 g/mol. The van der Waals surface area contributed by atoms with Crippen molar-refractivity contribution in [2.24, 2.45) is 5.92 Å². The topological polar surface area (TPSA) is 32.3 Å². The first-order chi connectivity index (χ1) is 12.8. The van der Waals surface area contributed by atoms with Crippen LogP contribution in [0.25, 0.3) is 0 Å². The molecular formula is C22H29ClN2OS. The van der Waals surface area contributed by atoms with Crippen LogP contribution in [0, 0.1) is 5.92 Å². The summed E-state index contributed by atoms with van der Waals surface area (Å²) >= 11 is 1.66. The Morgan fingerprint density at radius 1 is 1.07 bits per heavy atom. The Morgan fingerprint density at radius 2 is 1.67 bits per heavy atom. The number of rotatable bonds is 7. The van der Waals surface area contributed by atoms with E-state index in [1.54, 1.807) is 11.8 Å². The van der Waals surface area contributed by atoms with Crippen molar-refractivity contribution in [1.29, 1.82) is 0 Å². The number of amides is 1. The summed E-state index contributed by atoms with van der Waals surface area (Å²) in [7, 11) is 2.00. The molecular weight excluding hydrogens is 376 g/mol. The van der Waals surface area contributed by atoms with Gasteiger partial charge in [0.05, 0.1) is 0 Å². The molecule has 0 bridgehead atoms. The highest BCUT2D eigenvalue weighted by molar-refractivity contribution is 8.00. The second-order valence-electron chi connectivity index (χ2n) is 6.88. The molecule has 0 aliphatic carbocycles. The summed E-state index contributed by atoms with van der Waals surface area (Å²) in [5, 5.41) is 3.06. The third-order valence-electron chi connectivity index (χ3n) is 5.05. The number of halogens is 1. The lowest BCUT2D eigenvalue weighted by Gasteiger charge is -2.34. The van der Waals surface area contributed by atoms with E-state index >= 15 is 0 Å². The molecule has 1 atom stereocenters. The van der Waals surface area contributed by atoms with Crippen LogP contribution < -0.4 is 5.32 Å².